The highest BCUT2D eigenvalue weighted by Gasteiger charge is 2.17. The Morgan fingerprint density at radius 2 is 2.21 bits per heavy atom. The molecule has 1 heterocycles. The van der Waals surface area contributed by atoms with Crippen LogP contribution in [0.2, 0.25) is 0 Å². The minimum absolute atomic E-state index is 0.0491. The molecule has 2 unspecified atom stereocenters. The normalized spacial score (nSPS) is 14.8. The van der Waals surface area contributed by atoms with Gasteiger partial charge in [0.25, 0.3) is 0 Å². The molecule has 0 saturated heterocycles. The van der Waals surface area contributed by atoms with Crippen molar-refractivity contribution in [3.63, 3.8) is 0 Å². The topological polar surface area (TPSA) is 96.4 Å². The fraction of sp³-hybridized carbons (Fsp3) is 0.333. The molecule has 0 bridgehead atoms. The minimum Gasteiger partial charge on any atom is -0.389 e. The Morgan fingerprint density at radius 1 is 1.50 bits per heavy atom. The third-order valence-corrected chi connectivity index (χ3v) is 1.86. The van der Waals surface area contributed by atoms with Gasteiger partial charge in [0.05, 0.1) is 6.10 Å². The summed E-state index contributed by atoms with van der Waals surface area (Å²) in [6, 6.07) is 1.46. The molecule has 0 aliphatic rings. The summed E-state index contributed by atoms with van der Waals surface area (Å²) in [6.45, 7) is -0.0491. The first-order chi connectivity index (χ1) is 6.69. The monoisotopic (exact) mass is 196 g/mol. The van der Waals surface area contributed by atoms with E-state index < -0.39 is 12.2 Å². The maximum Gasteiger partial charge on any atom is 0.151 e. The fourth-order valence-corrected chi connectivity index (χ4v) is 1.05. The summed E-state index contributed by atoms with van der Waals surface area (Å²) in [6.07, 6.45) is 1.23. The van der Waals surface area contributed by atoms with Gasteiger partial charge in [0, 0.05) is 30.1 Å². The number of aliphatic hydroxyl groups is 2. The quantitative estimate of drug-likeness (QED) is 0.550. The second-order valence-electron chi connectivity index (χ2n) is 2.92. The smallest absolute Gasteiger partial charge is 0.151 e. The molecule has 14 heavy (non-hydrogen) atoms. The second kappa shape index (κ2) is 4.80. The van der Waals surface area contributed by atoms with E-state index in [9.17, 15) is 15.0 Å². The molecule has 1 aromatic heterocycles. The molecule has 2 atom stereocenters. The van der Waals surface area contributed by atoms with Crippen molar-refractivity contribution in [3.05, 3.63) is 29.6 Å². The maximum atomic E-state index is 10.4. The molecule has 0 spiro atoms. The van der Waals surface area contributed by atoms with Crippen molar-refractivity contribution in [2.75, 3.05) is 6.54 Å². The molecule has 0 radical (unpaired) electrons. The van der Waals surface area contributed by atoms with E-state index >= 15 is 0 Å². The van der Waals surface area contributed by atoms with Crippen molar-refractivity contribution in [1.82, 2.24) is 4.98 Å². The molecule has 5 nitrogen and oxygen atoms in total. The van der Waals surface area contributed by atoms with E-state index in [1.54, 1.807) is 0 Å². The molecule has 0 aliphatic heterocycles. The van der Waals surface area contributed by atoms with Crippen LogP contribution in [0.1, 0.15) is 22.0 Å². The van der Waals surface area contributed by atoms with Gasteiger partial charge in [0.2, 0.25) is 0 Å². The van der Waals surface area contributed by atoms with Crippen LogP contribution in [0.3, 0.4) is 0 Å². The van der Waals surface area contributed by atoms with Crippen LogP contribution in [0.25, 0.3) is 0 Å². The average Bonchev–Trinajstić information content (AvgIpc) is 2.27. The summed E-state index contributed by atoms with van der Waals surface area (Å²) in [5, 5.41) is 18.8. The zero-order valence-corrected chi connectivity index (χ0v) is 7.50. The summed E-state index contributed by atoms with van der Waals surface area (Å²) >= 11 is 0. The summed E-state index contributed by atoms with van der Waals surface area (Å²) in [7, 11) is 0. The predicted octanol–water partition coefficient (Wildman–Crippen LogP) is -0.753. The molecule has 1 aromatic rings. The molecule has 0 aliphatic carbocycles. The number of hydrogen-bond donors (Lipinski definition) is 3. The third-order valence-electron chi connectivity index (χ3n) is 1.86. The molecular formula is C9H12N2O3. The van der Waals surface area contributed by atoms with Gasteiger partial charge < -0.3 is 15.9 Å². The zero-order valence-electron chi connectivity index (χ0n) is 7.50. The number of carbonyl (C=O) groups is 1. The summed E-state index contributed by atoms with van der Waals surface area (Å²) in [5.41, 5.74) is 5.92. The molecule has 5 heteroatoms. The van der Waals surface area contributed by atoms with Gasteiger partial charge in [-0.25, -0.2) is 0 Å². The first kappa shape index (κ1) is 10.8. The van der Waals surface area contributed by atoms with E-state index in [1.807, 2.05) is 0 Å². The van der Waals surface area contributed by atoms with Crippen molar-refractivity contribution >= 4 is 6.29 Å². The third kappa shape index (κ3) is 2.35. The van der Waals surface area contributed by atoms with E-state index in [2.05, 4.69) is 4.98 Å². The van der Waals surface area contributed by atoms with Crippen molar-refractivity contribution in [2.24, 2.45) is 5.73 Å². The van der Waals surface area contributed by atoms with E-state index in [0.29, 0.717) is 17.4 Å². The van der Waals surface area contributed by atoms with Crippen LogP contribution in [-0.4, -0.2) is 34.1 Å². The highest BCUT2D eigenvalue weighted by atomic mass is 16.3. The molecule has 1 rings (SSSR count). The van der Waals surface area contributed by atoms with Crippen molar-refractivity contribution < 1.29 is 15.0 Å². The van der Waals surface area contributed by atoms with E-state index in [-0.39, 0.29) is 6.54 Å². The predicted molar refractivity (Wildman–Crippen MR) is 49.6 cm³/mol. The van der Waals surface area contributed by atoms with Gasteiger partial charge in [-0.3, -0.25) is 9.78 Å². The Kier molecular flexibility index (Phi) is 3.70. The van der Waals surface area contributed by atoms with Gasteiger partial charge in [-0.05, 0) is 6.07 Å². The average molecular weight is 196 g/mol. The van der Waals surface area contributed by atoms with Gasteiger partial charge in [-0.2, -0.15) is 0 Å². The number of rotatable bonds is 4. The summed E-state index contributed by atoms with van der Waals surface area (Å²) in [4.78, 5) is 14.2. The van der Waals surface area contributed by atoms with Gasteiger partial charge >= 0.3 is 0 Å². The van der Waals surface area contributed by atoms with E-state index in [0.717, 1.165) is 0 Å². The maximum absolute atomic E-state index is 10.4. The number of aliphatic hydroxyl groups excluding tert-OH is 2. The lowest BCUT2D eigenvalue weighted by atomic mass is 10.1. The van der Waals surface area contributed by atoms with Gasteiger partial charge in [0.15, 0.2) is 6.29 Å². The van der Waals surface area contributed by atoms with Crippen LogP contribution in [0, 0.1) is 0 Å². The molecule has 0 fully saturated rings. The second-order valence-corrected chi connectivity index (χ2v) is 2.92. The van der Waals surface area contributed by atoms with Crippen LogP contribution < -0.4 is 5.73 Å². The SMILES string of the molecule is NCC(O)C(O)c1cncc(C=O)c1. The highest BCUT2D eigenvalue weighted by molar-refractivity contribution is 5.74. The van der Waals surface area contributed by atoms with Crippen molar-refractivity contribution in [3.8, 4) is 0 Å². The Balaban J connectivity index is 2.89. The van der Waals surface area contributed by atoms with E-state index in [1.165, 1.54) is 18.5 Å². The number of carbonyl (C=O) groups excluding carboxylic acids is 1. The Bertz CT molecular complexity index is 317. The molecule has 0 aromatic carbocycles. The minimum atomic E-state index is -1.10. The highest BCUT2D eigenvalue weighted by Crippen LogP contribution is 2.15. The van der Waals surface area contributed by atoms with Crippen LogP contribution in [0.5, 0.6) is 0 Å². The number of aromatic nitrogens is 1. The largest absolute Gasteiger partial charge is 0.389 e. The number of nitrogens with zero attached hydrogens (tertiary/aromatic N) is 1. The van der Waals surface area contributed by atoms with Crippen molar-refractivity contribution in [1.29, 1.82) is 0 Å². The van der Waals surface area contributed by atoms with Crippen LogP contribution in [0.15, 0.2) is 18.5 Å². The van der Waals surface area contributed by atoms with E-state index in [4.69, 9.17) is 5.73 Å². The van der Waals surface area contributed by atoms with Gasteiger partial charge in [-0.1, -0.05) is 0 Å². The van der Waals surface area contributed by atoms with Gasteiger partial charge in [-0.15, -0.1) is 0 Å². The number of nitrogens with two attached hydrogens (primary N) is 1. The number of aldehydes is 1. The number of hydrogen-bond acceptors (Lipinski definition) is 5. The van der Waals surface area contributed by atoms with Crippen LogP contribution in [-0.2, 0) is 0 Å². The lowest BCUT2D eigenvalue weighted by molar-refractivity contribution is 0.0241. The molecule has 76 valence electrons. The van der Waals surface area contributed by atoms with Crippen molar-refractivity contribution in [2.45, 2.75) is 12.2 Å². The number of pyridine rings is 1. The fourth-order valence-electron chi connectivity index (χ4n) is 1.05. The first-order valence-electron chi connectivity index (χ1n) is 4.15. The Labute approximate surface area is 81.2 Å². The Morgan fingerprint density at radius 3 is 2.79 bits per heavy atom. The standard InChI is InChI=1S/C9H12N2O3/c10-2-8(13)9(14)7-1-6(5-12)3-11-4-7/h1,3-5,8-9,13-14H,2,10H2. The summed E-state index contributed by atoms with van der Waals surface area (Å²) in [5.74, 6) is 0. The lowest BCUT2D eigenvalue weighted by Gasteiger charge is -2.15. The van der Waals surface area contributed by atoms with Gasteiger partial charge in [0.1, 0.15) is 6.10 Å². The van der Waals surface area contributed by atoms with Crippen LogP contribution >= 0.6 is 0 Å². The summed E-state index contributed by atoms with van der Waals surface area (Å²) < 4.78 is 0. The zero-order chi connectivity index (χ0) is 10.6. The molecule has 0 amide bonds. The lowest BCUT2D eigenvalue weighted by Crippen LogP contribution is -2.27. The molecule has 4 N–H and O–H groups in total. The molecule has 0 saturated carbocycles. The molecular weight excluding hydrogens is 184 g/mol. The first-order valence-corrected chi connectivity index (χ1v) is 4.15. The Hall–Kier alpha value is -1.30. The van der Waals surface area contributed by atoms with Crippen LogP contribution in [0.4, 0.5) is 0 Å².